The highest BCUT2D eigenvalue weighted by atomic mass is 16.6. The first kappa shape index (κ1) is 13.3. The minimum Gasteiger partial charge on any atom is -0.389 e. The van der Waals surface area contributed by atoms with Crippen LogP contribution in [0.25, 0.3) is 0 Å². The maximum Gasteiger partial charge on any atom is 0.345 e. The molecule has 0 aromatic rings. The third kappa shape index (κ3) is 3.65. The van der Waals surface area contributed by atoms with Gasteiger partial charge in [0.1, 0.15) is 0 Å². The highest BCUT2D eigenvalue weighted by molar-refractivity contribution is 6.01. The summed E-state index contributed by atoms with van der Waals surface area (Å²) in [6, 6.07) is 0. The second-order valence-electron chi connectivity index (χ2n) is 4.45. The van der Waals surface area contributed by atoms with E-state index in [1.165, 1.54) is 5.57 Å². The van der Waals surface area contributed by atoms with Gasteiger partial charge in [-0.2, -0.15) is 0 Å². The van der Waals surface area contributed by atoms with Crippen molar-refractivity contribution in [2.45, 2.75) is 26.2 Å². The number of hydrogen-bond donors (Lipinski definition) is 0. The predicted octanol–water partition coefficient (Wildman–Crippen LogP) is 3.17. The highest BCUT2D eigenvalue weighted by Crippen LogP contribution is 2.18. The molecule has 0 aromatic heterocycles. The van der Waals surface area contributed by atoms with Crippen LogP contribution in [0, 0.1) is 0 Å². The Morgan fingerprint density at radius 1 is 1.21 bits per heavy atom. The summed E-state index contributed by atoms with van der Waals surface area (Å²) in [7, 11) is 0. The molecule has 98 valence electrons. The number of hydrogen-bond acceptors (Lipinski definition) is 3. The van der Waals surface area contributed by atoms with Crippen molar-refractivity contribution < 1.29 is 14.3 Å². The Bertz CT molecular complexity index is 542. The van der Waals surface area contributed by atoms with Gasteiger partial charge >= 0.3 is 11.9 Å². The van der Waals surface area contributed by atoms with Gasteiger partial charge in [0.05, 0.1) is 12.0 Å². The summed E-state index contributed by atoms with van der Waals surface area (Å²) in [4.78, 5) is 23.1. The molecule has 0 fully saturated rings. The predicted molar refractivity (Wildman–Crippen MR) is 73.2 cm³/mol. The average molecular weight is 256 g/mol. The molecule has 2 aliphatic rings. The van der Waals surface area contributed by atoms with Gasteiger partial charge in [-0.3, -0.25) is 4.79 Å². The van der Waals surface area contributed by atoms with Gasteiger partial charge in [0, 0.05) is 0 Å². The Hall–Kier alpha value is -2.16. The molecule has 0 amide bonds. The first-order chi connectivity index (χ1) is 9.19. The van der Waals surface area contributed by atoms with Crippen molar-refractivity contribution in [1.82, 2.24) is 0 Å². The molecule has 0 atom stereocenters. The van der Waals surface area contributed by atoms with E-state index in [1.54, 1.807) is 18.2 Å². The number of carbonyl (C=O) groups excluding carboxylic acids is 2. The van der Waals surface area contributed by atoms with E-state index in [0.29, 0.717) is 5.57 Å². The maximum absolute atomic E-state index is 11.7. The summed E-state index contributed by atoms with van der Waals surface area (Å²) in [5.41, 5.74) is 2.50. The zero-order chi connectivity index (χ0) is 13.7. The van der Waals surface area contributed by atoms with Gasteiger partial charge in [0.15, 0.2) is 0 Å². The molecule has 3 nitrogen and oxygen atoms in total. The summed E-state index contributed by atoms with van der Waals surface area (Å²) in [5.74, 6) is -1.09. The molecule has 2 bridgehead atoms. The Kier molecular flexibility index (Phi) is 4.29. The number of rotatable bonds is 1. The van der Waals surface area contributed by atoms with E-state index in [1.807, 2.05) is 24.3 Å². The number of ether oxygens (including phenoxy) is 1. The lowest BCUT2D eigenvalue weighted by atomic mass is 10.1. The Labute approximate surface area is 112 Å². The van der Waals surface area contributed by atoms with Crippen molar-refractivity contribution in [2.75, 3.05) is 0 Å². The van der Waals surface area contributed by atoms with Gasteiger partial charge in [-0.05, 0) is 30.6 Å². The number of allylic oxidation sites excluding steroid dienone is 7. The summed E-state index contributed by atoms with van der Waals surface area (Å²) < 4.78 is 4.71. The van der Waals surface area contributed by atoms with Gasteiger partial charge in [-0.15, -0.1) is 0 Å². The average Bonchev–Trinajstić information content (AvgIpc) is 2.53. The molecule has 1 heterocycles. The Morgan fingerprint density at radius 2 is 2.00 bits per heavy atom. The van der Waals surface area contributed by atoms with Gasteiger partial charge in [-0.25, -0.2) is 4.79 Å². The van der Waals surface area contributed by atoms with E-state index in [9.17, 15) is 9.59 Å². The van der Waals surface area contributed by atoms with Crippen molar-refractivity contribution in [3.8, 4) is 0 Å². The number of esters is 2. The summed E-state index contributed by atoms with van der Waals surface area (Å²) >= 11 is 0. The van der Waals surface area contributed by atoms with Crippen molar-refractivity contribution in [1.29, 1.82) is 0 Å². The van der Waals surface area contributed by atoms with Gasteiger partial charge in [0.2, 0.25) is 0 Å². The fraction of sp³-hybridized carbons (Fsp3) is 0.250. The zero-order valence-corrected chi connectivity index (χ0v) is 10.9. The largest absolute Gasteiger partial charge is 0.389 e. The van der Waals surface area contributed by atoms with Crippen LogP contribution in [0.3, 0.4) is 0 Å². The molecule has 1 aliphatic carbocycles. The van der Waals surface area contributed by atoms with E-state index >= 15 is 0 Å². The van der Waals surface area contributed by atoms with Crippen molar-refractivity contribution in [3.63, 3.8) is 0 Å². The van der Waals surface area contributed by atoms with Crippen LogP contribution in [0.4, 0.5) is 0 Å². The second-order valence-corrected chi connectivity index (χ2v) is 4.45. The summed E-state index contributed by atoms with van der Waals surface area (Å²) in [6.07, 6.45) is 15.0. The lowest BCUT2D eigenvalue weighted by molar-refractivity contribution is -0.155. The maximum atomic E-state index is 11.7. The minimum atomic E-state index is -0.586. The van der Waals surface area contributed by atoms with E-state index in [0.717, 1.165) is 18.4 Å². The lowest BCUT2D eigenvalue weighted by Crippen LogP contribution is -2.10. The van der Waals surface area contributed by atoms with Crippen molar-refractivity contribution in [2.24, 2.45) is 0 Å². The van der Waals surface area contributed by atoms with E-state index in [2.05, 4.69) is 6.92 Å². The minimum absolute atomic E-state index is 0.133. The summed E-state index contributed by atoms with van der Waals surface area (Å²) in [6.45, 7) is 2.11. The molecule has 0 saturated heterocycles. The summed E-state index contributed by atoms with van der Waals surface area (Å²) in [5, 5.41) is 0. The number of cyclic esters (lactones) is 2. The molecule has 0 aromatic carbocycles. The standard InChI is InChI=1S/C16H16O3/c1-2-12-6-3-4-9-14-10-13(8-5-7-12)11-15(17)19-16(14)18/h3-6,8-10H,2,7,11H2,1H3/b4-3-,8-5-,12-6+,14-9+. The smallest absolute Gasteiger partial charge is 0.345 e. The molecular weight excluding hydrogens is 240 g/mol. The van der Waals surface area contributed by atoms with Gasteiger partial charge in [-0.1, -0.05) is 42.9 Å². The van der Waals surface area contributed by atoms with Gasteiger partial charge < -0.3 is 4.74 Å². The first-order valence-electron chi connectivity index (χ1n) is 6.37. The first-order valence-corrected chi connectivity index (χ1v) is 6.37. The monoisotopic (exact) mass is 256 g/mol. The van der Waals surface area contributed by atoms with Crippen LogP contribution >= 0.6 is 0 Å². The topological polar surface area (TPSA) is 43.4 Å². The molecule has 2 rings (SSSR count). The van der Waals surface area contributed by atoms with Crippen LogP contribution in [0.2, 0.25) is 0 Å². The normalized spacial score (nSPS) is 28.6. The third-order valence-electron chi connectivity index (χ3n) is 3.02. The number of fused-ring (bicyclic) bond motifs is 1. The Balaban J connectivity index is 2.40. The van der Waals surface area contributed by atoms with E-state index in [4.69, 9.17) is 4.74 Å². The lowest BCUT2D eigenvalue weighted by Gasteiger charge is -1.99. The SMILES string of the molecule is CC\C1=C/C=C\C=C2C=C(/C=C\C1)CC(=O)OC/2=O. The van der Waals surface area contributed by atoms with Crippen LogP contribution in [-0.4, -0.2) is 11.9 Å². The second kappa shape index (κ2) is 6.14. The van der Waals surface area contributed by atoms with Gasteiger partial charge in [0.25, 0.3) is 0 Å². The van der Waals surface area contributed by atoms with Crippen LogP contribution in [-0.2, 0) is 14.3 Å². The molecule has 0 spiro atoms. The zero-order valence-electron chi connectivity index (χ0n) is 10.9. The molecule has 0 unspecified atom stereocenters. The molecule has 3 heteroatoms. The van der Waals surface area contributed by atoms with Crippen LogP contribution < -0.4 is 0 Å². The van der Waals surface area contributed by atoms with Crippen LogP contribution in [0.5, 0.6) is 0 Å². The Morgan fingerprint density at radius 3 is 2.79 bits per heavy atom. The van der Waals surface area contributed by atoms with Crippen molar-refractivity contribution >= 4 is 11.9 Å². The van der Waals surface area contributed by atoms with Crippen molar-refractivity contribution in [3.05, 3.63) is 59.3 Å². The highest BCUT2D eigenvalue weighted by Gasteiger charge is 2.19. The fourth-order valence-corrected chi connectivity index (χ4v) is 1.94. The molecule has 19 heavy (non-hydrogen) atoms. The van der Waals surface area contributed by atoms with Crippen LogP contribution in [0.15, 0.2) is 59.3 Å². The van der Waals surface area contributed by atoms with E-state index in [-0.39, 0.29) is 6.42 Å². The van der Waals surface area contributed by atoms with Crippen LogP contribution in [0.1, 0.15) is 26.2 Å². The van der Waals surface area contributed by atoms with E-state index < -0.39 is 11.9 Å². The molecule has 1 aliphatic heterocycles. The molecule has 0 N–H and O–H groups in total. The molecule has 0 saturated carbocycles. The fourth-order valence-electron chi connectivity index (χ4n) is 1.94. The molecule has 0 radical (unpaired) electrons. The molecular formula is C16H16O3. The third-order valence-corrected chi connectivity index (χ3v) is 3.02. The number of carbonyl (C=O) groups is 2. The quantitative estimate of drug-likeness (QED) is 0.534.